The highest BCUT2D eigenvalue weighted by atomic mass is 32.2. The SMILES string of the molecule is C=C(C(=O)Nc1cnc(CC)cn1)c1ccc(S(C)(=O)=O)cc1. The molecule has 23 heavy (non-hydrogen) atoms. The zero-order valence-electron chi connectivity index (χ0n) is 12.9. The van der Waals surface area contributed by atoms with E-state index in [9.17, 15) is 13.2 Å². The van der Waals surface area contributed by atoms with Gasteiger partial charge in [-0.25, -0.2) is 13.4 Å². The second-order valence-electron chi connectivity index (χ2n) is 4.98. The molecule has 1 amide bonds. The molecule has 7 heteroatoms. The van der Waals surface area contributed by atoms with Gasteiger partial charge in [-0.15, -0.1) is 0 Å². The van der Waals surface area contributed by atoms with Crippen molar-refractivity contribution in [3.63, 3.8) is 0 Å². The molecule has 2 rings (SSSR count). The lowest BCUT2D eigenvalue weighted by molar-refractivity contribution is -0.111. The third-order valence-corrected chi connectivity index (χ3v) is 4.34. The first-order chi connectivity index (χ1) is 10.8. The van der Waals surface area contributed by atoms with E-state index >= 15 is 0 Å². The maximum atomic E-state index is 12.2. The van der Waals surface area contributed by atoms with Crippen LogP contribution in [0.25, 0.3) is 5.57 Å². The van der Waals surface area contributed by atoms with Crippen LogP contribution in [0.15, 0.2) is 48.1 Å². The molecule has 0 radical (unpaired) electrons. The molecule has 1 heterocycles. The molecule has 0 aliphatic heterocycles. The Morgan fingerprint density at radius 1 is 1.17 bits per heavy atom. The number of rotatable bonds is 5. The highest BCUT2D eigenvalue weighted by molar-refractivity contribution is 7.90. The van der Waals surface area contributed by atoms with Gasteiger partial charge in [-0.05, 0) is 24.1 Å². The Kier molecular flexibility index (Phi) is 4.90. The number of sulfone groups is 1. The first-order valence-electron chi connectivity index (χ1n) is 6.93. The van der Waals surface area contributed by atoms with Gasteiger partial charge in [0.25, 0.3) is 5.91 Å². The second-order valence-corrected chi connectivity index (χ2v) is 6.99. The Morgan fingerprint density at radius 2 is 1.83 bits per heavy atom. The summed E-state index contributed by atoms with van der Waals surface area (Å²) < 4.78 is 22.8. The van der Waals surface area contributed by atoms with Gasteiger partial charge < -0.3 is 5.32 Å². The van der Waals surface area contributed by atoms with Crippen LogP contribution in [-0.4, -0.2) is 30.5 Å². The van der Waals surface area contributed by atoms with Crippen molar-refractivity contribution in [2.75, 3.05) is 11.6 Å². The number of nitrogens with one attached hydrogen (secondary N) is 1. The number of nitrogens with zero attached hydrogens (tertiary/aromatic N) is 2. The van der Waals surface area contributed by atoms with Gasteiger partial charge in [0.2, 0.25) is 0 Å². The molecule has 1 N–H and O–H groups in total. The van der Waals surface area contributed by atoms with Crippen molar-refractivity contribution >= 4 is 27.1 Å². The fraction of sp³-hybridized carbons (Fsp3) is 0.188. The topological polar surface area (TPSA) is 89.0 Å². The standard InChI is InChI=1S/C16H17N3O3S/c1-4-13-9-18-15(10-17-13)19-16(20)11(2)12-5-7-14(8-6-12)23(3,21)22/h5-10H,2,4H2,1,3H3,(H,18,19,20). The normalized spacial score (nSPS) is 11.0. The van der Waals surface area contributed by atoms with Gasteiger partial charge in [0.05, 0.1) is 23.0 Å². The van der Waals surface area contributed by atoms with E-state index in [-0.39, 0.29) is 10.5 Å². The molecule has 2 aromatic rings. The average molecular weight is 331 g/mol. The highest BCUT2D eigenvalue weighted by Gasteiger charge is 2.12. The predicted octanol–water partition coefficient (Wildman–Crippen LogP) is 2.09. The third-order valence-electron chi connectivity index (χ3n) is 3.21. The van der Waals surface area contributed by atoms with Crippen LogP contribution in [0.2, 0.25) is 0 Å². The fourth-order valence-electron chi connectivity index (χ4n) is 1.83. The Morgan fingerprint density at radius 3 is 2.30 bits per heavy atom. The molecule has 1 aromatic heterocycles. The van der Waals surface area contributed by atoms with Crippen molar-refractivity contribution in [1.29, 1.82) is 0 Å². The lowest BCUT2D eigenvalue weighted by atomic mass is 10.1. The zero-order chi connectivity index (χ0) is 17.0. The number of carbonyl (C=O) groups excluding carboxylic acids is 1. The summed E-state index contributed by atoms with van der Waals surface area (Å²) in [6.45, 7) is 5.70. The number of hydrogen-bond acceptors (Lipinski definition) is 5. The summed E-state index contributed by atoms with van der Waals surface area (Å²) in [4.78, 5) is 20.6. The van der Waals surface area contributed by atoms with Crippen LogP contribution in [0.5, 0.6) is 0 Å². The molecule has 0 unspecified atom stereocenters. The summed E-state index contributed by atoms with van der Waals surface area (Å²) in [5, 5.41) is 2.61. The molecule has 1 aromatic carbocycles. The van der Waals surface area contributed by atoms with Crippen LogP contribution in [0, 0.1) is 0 Å². The Labute approximate surface area is 135 Å². The number of anilines is 1. The quantitative estimate of drug-likeness (QED) is 0.848. The van der Waals surface area contributed by atoms with E-state index in [1.807, 2.05) is 6.92 Å². The molecule has 0 saturated carbocycles. The summed E-state index contributed by atoms with van der Waals surface area (Å²) in [6, 6.07) is 5.98. The summed E-state index contributed by atoms with van der Waals surface area (Å²) in [6.07, 6.45) is 4.97. The van der Waals surface area contributed by atoms with Crippen LogP contribution in [0.4, 0.5) is 5.82 Å². The van der Waals surface area contributed by atoms with Crippen LogP contribution in [0.1, 0.15) is 18.2 Å². The number of aryl methyl sites for hydroxylation is 1. The Bertz CT molecular complexity index is 826. The van der Waals surface area contributed by atoms with Crippen LogP contribution in [0.3, 0.4) is 0 Å². The highest BCUT2D eigenvalue weighted by Crippen LogP contribution is 2.17. The molecule has 0 aliphatic rings. The fourth-order valence-corrected chi connectivity index (χ4v) is 2.46. The van der Waals surface area contributed by atoms with E-state index in [2.05, 4.69) is 21.9 Å². The molecule has 120 valence electrons. The number of benzene rings is 1. The number of aromatic nitrogens is 2. The first-order valence-corrected chi connectivity index (χ1v) is 8.82. The molecule has 0 aliphatic carbocycles. The molecule has 0 spiro atoms. The summed E-state index contributed by atoms with van der Waals surface area (Å²) >= 11 is 0. The molecule has 0 saturated heterocycles. The van der Waals surface area contributed by atoms with E-state index in [4.69, 9.17) is 0 Å². The molecular formula is C16H17N3O3S. The smallest absolute Gasteiger partial charge is 0.256 e. The first kappa shape index (κ1) is 16.8. The number of amides is 1. The third kappa shape index (κ3) is 4.23. The minimum Gasteiger partial charge on any atom is -0.305 e. The monoisotopic (exact) mass is 331 g/mol. The van der Waals surface area contributed by atoms with Crippen molar-refractivity contribution < 1.29 is 13.2 Å². The van der Waals surface area contributed by atoms with Crippen molar-refractivity contribution in [3.05, 3.63) is 54.5 Å². The summed E-state index contributed by atoms with van der Waals surface area (Å²) in [5.41, 5.74) is 1.58. The predicted molar refractivity (Wildman–Crippen MR) is 88.6 cm³/mol. The van der Waals surface area contributed by atoms with Gasteiger partial charge in [0, 0.05) is 11.8 Å². The van der Waals surface area contributed by atoms with Crippen LogP contribution in [-0.2, 0) is 21.1 Å². The zero-order valence-corrected chi connectivity index (χ0v) is 13.7. The van der Waals surface area contributed by atoms with E-state index in [1.54, 1.807) is 18.3 Å². The van der Waals surface area contributed by atoms with E-state index < -0.39 is 15.7 Å². The van der Waals surface area contributed by atoms with Gasteiger partial charge >= 0.3 is 0 Å². The number of hydrogen-bond donors (Lipinski definition) is 1. The minimum absolute atomic E-state index is 0.190. The van der Waals surface area contributed by atoms with E-state index in [0.717, 1.165) is 18.4 Å². The van der Waals surface area contributed by atoms with Gasteiger partial charge in [-0.1, -0.05) is 25.6 Å². The molecule has 0 atom stereocenters. The molecule has 0 fully saturated rings. The maximum Gasteiger partial charge on any atom is 0.256 e. The molecule has 0 bridgehead atoms. The van der Waals surface area contributed by atoms with Crippen LogP contribution < -0.4 is 5.32 Å². The lowest BCUT2D eigenvalue weighted by Gasteiger charge is -2.08. The lowest BCUT2D eigenvalue weighted by Crippen LogP contribution is -2.14. The Hall–Kier alpha value is -2.54. The average Bonchev–Trinajstić information content (AvgIpc) is 2.54. The molecular weight excluding hydrogens is 314 g/mol. The van der Waals surface area contributed by atoms with Gasteiger partial charge in [-0.3, -0.25) is 9.78 Å². The van der Waals surface area contributed by atoms with Crippen molar-refractivity contribution in [1.82, 2.24) is 9.97 Å². The van der Waals surface area contributed by atoms with Gasteiger partial charge in [0.15, 0.2) is 15.7 Å². The van der Waals surface area contributed by atoms with E-state index in [0.29, 0.717) is 11.4 Å². The summed E-state index contributed by atoms with van der Waals surface area (Å²) in [5.74, 6) is -0.0863. The summed E-state index contributed by atoms with van der Waals surface area (Å²) in [7, 11) is -3.27. The van der Waals surface area contributed by atoms with Crippen molar-refractivity contribution in [3.8, 4) is 0 Å². The van der Waals surface area contributed by atoms with Crippen LogP contribution >= 0.6 is 0 Å². The maximum absolute atomic E-state index is 12.2. The largest absolute Gasteiger partial charge is 0.305 e. The van der Waals surface area contributed by atoms with Gasteiger partial charge in [-0.2, -0.15) is 0 Å². The van der Waals surface area contributed by atoms with E-state index in [1.165, 1.54) is 18.3 Å². The second kappa shape index (κ2) is 6.70. The van der Waals surface area contributed by atoms with Gasteiger partial charge in [0.1, 0.15) is 0 Å². The Balaban J connectivity index is 2.11. The minimum atomic E-state index is -3.27. The molecule has 6 nitrogen and oxygen atoms in total. The number of carbonyl (C=O) groups is 1. The van der Waals surface area contributed by atoms with Crippen molar-refractivity contribution in [2.24, 2.45) is 0 Å². The van der Waals surface area contributed by atoms with Crippen molar-refractivity contribution in [2.45, 2.75) is 18.2 Å².